The van der Waals surface area contributed by atoms with Crippen molar-refractivity contribution in [2.24, 2.45) is 4.99 Å². The van der Waals surface area contributed by atoms with Crippen molar-refractivity contribution in [1.82, 2.24) is 15.6 Å². The maximum absolute atomic E-state index is 12.3. The van der Waals surface area contributed by atoms with E-state index < -0.39 is 0 Å². The number of anilines is 1. The number of nitrogens with zero attached hydrogens (tertiary/aromatic N) is 2. The summed E-state index contributed by atoms with van der Waals surface area (Å²) in [4.78, 5) is 21.8. The fourth-order valence-electron chi connectivity index (χ4n) is 4.03. The first kappa shape index (κ1) is 20.8. The van der Waals surface area contributed by atoms with Crippen molar-refractivity contribution in [3.63, 3.8) is 0 Å². The number of amides is 1. The quantitative estimate of drug-likeness (QED) is 0.312. The van der Waals surface area contributed by atoms with Crippen LogP contribution in [-0.4, -0.2) is 50.1 Å². The van der Waals surface area contributed by atoms with Gasteiger partial charge in [0, 0.05) is 43.3 Å². The minimum atomic E-state index is -0.00435. The number of hydrogen-bond acceptors (Lipinski definition) is 3. The lowest BCUT2D eigenvalue weighted by Crippen LogP contribution is -2.42. The van der Waals surface area contributed by atoms with Gasteiger partial charge in [-0.25, -0.2) is 0 Å². The van der Waals surface area contributed by atoms with Crippen LogP contribution in [0.3, 0.4) is 0 Å². The van der Waals surface area contributed by atoms with Gasteiger partial charge in [0.05, 0.1) is 5.69 Å². The third-order valence-corrected chi connectivity index (χ3v) is 5.58. The van der Waals surface area contributed by atoms with Gasteiger partial charge in [0.2, 0.25) is 0 Å². The van der Waals surface area contributed by atoms with Crippen molar-refractivity contribution in [3.8, 4) is 5.75 Å². The standard InChI is InChI=1S/C24H29N5O2/c1-17-18(19-8-3-4-9-20(19)28-17)12-14-27-24(25-2)26-13-7-15-29-21-10-5-6-11-22(21)31-16-23(29)30/h3-6,8-11,28H,7,12-16H2,1-2H3,(H2,25,26,27). The van der Waals surface area contributed by atoms with Gasteiger partial charge in [-0.05, 0) is 43.5 Å². The number of rotatable bonds is 7. The molecule has 0 saturated heterocycles. The molecule has 4 rings (SSSR count). The van der Waals surface area contributed by atoms with Gasteiger partial charge >= 0.3 is 0 Å². The average molecular weight is 420 g/mol. The van der Waals surface area contributed by atoms with Crippen LogP contribution in [0.2, 0.25) is 0 Å². The number of ether oxygens (including phenoxy) is 1. The van der Waals surface area contributed by atoms with Gasteiger partial charge in [0.15, 0.2) is 12.6 Å². The topological polar surface area (TPSA) is 81.8 Å². The molecule has 1 aromatic heterocycles. The van der Waals surface area contributed by atoms with Gasteiger partial charge in [0.25, 0.3) is 5.91 Å². The highest BCUT2D eigenvalue weighted by Crippen LogP contribution is 2.31. The highest BCUT2D eigenvalue weighted by atomic mass is 16.5. The summed E-state index contributed by atoms with van der Waals surface area (Å²) in [6.45, 7) is 4.36. The minimum absolute atomic E-state index is 0.00435. The molecule has 3 N–H and O–H groups in total. The zero-order chi connectivity index (χ0) is 21.6. The van der Waals surface area contributed by atoms with Gasteiger partial charge in [-0.15, -0.1) is 0 Å². The van der Waals surface area contributed by atoms with Crippen LogP contribution < -0.4 is 20.3 Å². The van der Waals surface area contributed by atoms with Crippen molar-refractivity contribution >= 4 is 28.5 Å². The Morgan fingerprint density at radius 2 is 1.90 bits per heavy atom. The number of aliphatic imine (C=N–C) groups is 1. The van der Waals surface area contributed by atoms with E-state index in [1.165, 1.54) is 22.2 Å². The number of carbonyl (C=O) groups excluding carboxylic acids is 1. The van der Waals surface area contributed by atoms with Gasteiger partial charge in [-0.2, -0.15) is 0 Å². The van der Waals surface area contributed by atoms with E-state index in [2.05, 4.69) is 51.8 Å². The Morgan fingerprint density at radius 1 is 1.13 bits per heavy atom. The second-order valence-electron chi connectivity index (χ2n) is 7.61. The highest BCUT2D eigenvalue weighted by molar-refractivity contribution is 5.97. The molecule has 0 fully saturated rings. The number of aromatic nitrogens is 1. The minimum Gasteiger partial charge on any atom is -0.482 e. The Bertz CT molecular complexity index is 1090. The summed E-state index contributed by atoms with van der Waals surface area (Å²) in [5.74, 6) is 1.53. The summed E-state index contributed by atoms with van der Waals surface area (Å²) in [7, 11) is 1.77. The summed E-state index contributed by atoms with van der Waals surface area (Å²) < 4.78 is 5.50. The van der Waals surface area contributed by atoms with E-state index in [0.29, 0.717) is 6.54 Å². The summed E-state index contributed by atoms with van der Waals surface area (Å²) in [5, 5.41) is 8.01. The Hall–Kier alpha value is -3.48. The number of aromatic amines is 1. The van der Waals surface area contributed by atoms with E-state index in [0.717, 1.165) is 43.3 Å². The molecule has 0 atom stereocenters. The zero-order valence-corrected chi connectivity index (χ0v) is 18.1. The molecular weight excluding hydrogens is 390 g/mol. The van der Waals surface area contributed by atoms with Crippen LogP contribution in [0.15, 0.2) is 53.5 Å². The van der Waals surface area contributed by atoms with Crippen LogP contribution in [0.1, 0.15) is 17.7 Å². The molecule has 162 valence electrons. The number of benzene rings is 2. The van der Waals surface area contributed by atoms with Crippen LogP contribution in [0.4, 0.5) is 5.69 Å². The average Bonchev–Trinajstić information content (AvgIpc) is 3.11. The lowest BCUT2D eigenvalue weighted by atomic mass is 10.1. The molecule has 2 aromatic carbocycles. The fraction of sp³-hybridized carbons (Fsp3) is 0.333. The molecule has 7 nitrogen and oxygen atoms in total. The molecule has 0 radical (unpaired) electrons. The Labute approximate surface area is 182 Å². The maximum atomic E-state index is 12.3. The van der Waals surface area contributed by atoms with Crippen LogP contribution >= 0.6 is 0 Å². The molecule has 0 aliphatic carbocycles. The number of fused-ring (bicyclic) bond motifs is 2. The molecule has 1 amide bonds. The molecule has 0 spiro atoms. The van der Waals surface area contributed by atoms with Crippen molar-refractivity contribution in [3.05, 3.63) is 59.8 Å². The lowest BCUT2D eigenvalue weighted by Gasteiger charge is -2.29. The first-order chi connectivity index (χ1) is 15.2. The van der Waals surface area contributed by atoms with Gasteiger partial charge in [0.1, 0.15) is 5.75 Å². The van der Waals surface area contributed by atoms with E-state index in [1.807, 2.05) is 24.3 Å². The van der Waals surface area contributed by atoms with E-state index in [4.69, 9.17) is 4.74 Å². The largest absolute Gasteiger partial charge is 0.482 e. The molecule has 0 unspecified atom stereocenters. The number of carbonyl (C=O) groups is 1. The zero-order valence-electron chi connectivity index (χ0n) is 18.1. The molecule has 7 heteroatoms. The van der Waals surface area contributed by atoms with Crippen molar-refractivity contribution in [2.45, 2.75) is 19.8 Å². The van der Waals surface area contributed by atoms with Crippen LogP contribution in [0.25, 0.3) is 10.9 Å². The van der Waals surface area contributed by atoms with Crippen molar-refractivity contribution in [1.29, 1.82) is 0 Å². The number of H-pyrrole nitrogens is 1. The number of aryl methyl sites for hydroxylation is 1. The third-order valence-electron chi connectivity index (χ3n) is 5.58. The lowest BCUT2D eigenvalue weighted by molar-refractivity contribution is -0.121. The first-order valence-electron chi connectivity index (χ1n) is 10.7. The van der Waals surface area contributed by atoms with Crippen molar-refractivity contribution < 1.29 is 9.53 Å². The normalized spacial score (nSPS) is 13.8. The number of nitrogens with one attached hydrogen (secondary N) is 3. The Kier molecular flexibility index (Phi) is 6.40. The maximum Gasteiger partial charge on any atom is 0.265 e. The summed E-state index contributed by atoms with van der Waals surface area (Å²) in [6.07, 6.45) is 1.72. The highest BCUT2D eigenvalue weighted by Gasteiger charge is 2.24. The predicted octanol–water partition coefficient (Wildman–Crippen LogP) is 3.00. The van der Waals surface area contributed by atoms with Crippen LogP contribution in [0.5, 0.6) is 5.75 Å². The monoisotopic (exact) mass is 419 g/mol. The van der Waals surface area contributed by atoms with Crippen LogP contribution in [-0.2, 0) is 11.2 Å². The molecule has 0 saturated carbocycles. The third kappa shape index (κ3) is 4.66. The molecule has 31 heavy (non-hydrogen) atoms. The van der Waals surface area contributed by atoms with Gasteiger partial charge in [-0.1, -0.05) is 30.3 Å². The second kappa shape index (κ2) is 9.55. The van der Waals surface area contributed by atoms with Gasteiger partial charge < -0.3 is 25.3 Å². The molecule has 1 aliphatic rings. The van der Waals surface area contributed by atoms with E-state index >= 15 is 0 Å². The first-order valence-corrected chi connectivity index (χ1v) is 10.7. The number of para-hydroxylation sites is 3. The number of guanidine groups is 1. The summed E-state index contributed by atoms with van der Waals surface area (Å²) in [6, 6.07) is 16.1. The van der Waals surface area contributed by atoms with E-state index in [1.54, 1.807) is 11.9 Å². The van der Waals surface area contributed by atoms with Crippen molar-refractivity contribution in [2.75, 3.05) is 38.2 Å². The van der Waals surface area contributed by atoms with Crippen LogP contribution in [0, 0.1) is 6.92 Å². The fourth-order valence-corrected chi connectivity index (χ4v) is 4.03. The van der Waals surface area contributed by atoms with E-state index in [9.17, 15) is 4.79 Å². The number of hydrogen-bond donors (Lipinski definition) is 3. The molecular formula is C24H29N5O2. The molecule has 1 aliphatic heterocycles. The molecule has 3 aromatic rings. The molecule has 2 heterocycles. The van der Waals surface area contributed by atoms with Gasteiger partial charge in [-0.3, -0.25) is 9.79 Å². The smallest absolute Gasteiger partial charge is 0.265 e. The molecule has 0 bridgehead atoms. The second-order valence-corrected chi connectivity index (χ2v) is 7.61. The predicted molar refractivity (Wildman–Crippen MR) is 125 cm³/mol. The summed E-state index contributed by atoms with van der Waals surface area (Å²) in [5.41, 5.74) is 4.57. The Morgan fingerprint density at radius 3 is 2.77 bits per heavy atom. The SMILES string of the molecule is CN=C(NCCCN1C(=O)COc2ccccc21)NCCc1c(C)[nH]c2ccccc12. The van der Waals surface area contributed by atoms with E-state index in [-0.39, 0.29) is 12.5 Å². The summed E-state index contributed by atoms with van der Waals surface area (Å²) >= 11 is 0. The Balaban J connectivity index is 1.24.